The van der Waals surface area contributed by atoms with E-state index >= 15 is 0 Å². The Balaban J connectivity index is 2.70. The van der Waals surface area contributed by atoms with Crippen molar-refractivity contribution in [3.63, 3.8) is 0 Å². The van der Waals surface area contributed by atoms with E-state index in [0.29, 0.717) is 0 Å². The van der Waals surface area contributed by atoms with Crippen molar-refractivity contribution in [2.75, 3.05) is 13.2 Å². The minimum Gasteiger partial charge on any atom is -0.395 e. The Hall–Kier alpha value is -0.970. The maximum absolute atomic E-state index is 12.7. The molecular weight excluding hydrogens is 209 g/mol. The van der Waals surface area contributed by atoms with Gasteiger partial charge in [-0.25, -0.2) is 4.39 Å². The molecule has 1 rings (SSSR count). The lowest BCUT2D eigenvalue weighted by Gasteiger charge is -2.22. The number of rotatable bonds is 6. The summed E-state index contributed by atoms with van der Waals surface area (Å²) in [7, 11) is 0. The number of halogens is 1. The largest absolute Gasteiger partial charge is 0.395 e. The SMILES string of the molecule is CC[C@@H](NC(CO)CO)c1ccc(F)cc1. The van der Waals surface area contributed by atoms with Crippen molar-refractivity contribution in [3.05, 3.63) is 35.6 Å². The van der Waals surface area contributed by atoms with Crippen LogP contribution in [0.25, 0.3) is 0 Å². The average molecular weight is 227 g/mol. The fourth-order valence-corrected chi connectivity index (χ4v) is 1.59. The van der Waals surface area contributed by atoms with Crippen molar-refractivity contribution < 1.29 is 14.6 Å². The van der Waals surface area contributed by atoms with E-state index in [-0.39, 0.29) is 31.1 Å². The Morgan fingerprint density at radius 3 is 2.19 bits per heavy atom. The van der Waals surface area contributed by atoms with Crippen LogP contribution >= 0.6 is 0 Å². The summed E-state index contributed by atoms with van der Waals surface area (Å²) in [6.45, 7) is 1.76. The van der Waals surface area contributed by atoms with Gasteiger partial charge in [-0.15, -0.1) is 0 Å². The van der Waals surface area contributed by atoms with Gasteiger partial charge in [0.15, 0.2) is 0 Å². The fourth-order valence-electron chi connectivity index (χ4n) is 1.59. The summed E-state index contributed by atoms with van der Waals surface area (Å²) in [5.41, 5.74) is 0.954. The van der Waals surface area contributed by atoms with E-state index < -0.39 is 0 Å². The number of aliphatic hydroxyl groups excluding tert-OH is 2. The Bertz CT molecular complexity index is 298. The zero-order valence-electron chi connectivity index (χ0n) is 9.36. The number of hydrogen-bond acceptors (Lipinski definition) is 3. The molecule has 0 aliphatic carbocycles. The molecule has 0 bridgehead atoms. The van der Waals surface area contributed by atoms with Gasteiger partial charge in [-0.05, 0) is 24.1 Å². The highest BCUT2D eigenvalue weighted by Crippen LogP contribution is 2.17. The summed E-state index contributed by atoms with van der Waals surface area (Å²) in [5.74, 6) is -0.264. The van der Waals surface area contributed by atoms with E-state index in [0.717, 1.165) is 12.0 Å². The Morgan fingerprint density at radius 2 is 1.75 bits per heavy atom. The molecule has 90 valence electrons. The third kappa shape index (κ3) is 3.56. The van der Waals surface area contributed by atoms with Crippen molar-refractivity contribution in [1.82, 2.24) is 5.32 Å². The minimum atomic E-state index is -0.338. The number of hydrogen-bond donors (Lipinski definition) is 3. The molecule has 1 aromatic rings. The van der Waals surface area contributed by atoms with E-state index in [1.807, 2.05) is 6.92 Å². The van der Waals surface area contributed by atoms with Crippen LogP contribution in [0.2, 0.25) is 0 Å². The van der Waals surface area contributed by atoms with Gasteiger partial charge in [0, 0.05) is 6.04 Å². The fraction of sp³-hybridized carbons (Fsp3) is 0.500. The van der Waals surface area contributed by atoms with Crippen LogP contribution in [0.3, 0.4) is 0 Å². The first-order valence-corrected chi connectivity index (χ1v) is 5.44. The molecule has 0 heterocycles. The second-order valence-corrected chi connectivity index (χ2v) is 3.74. The van der Waals surface area contributed by atoms with Crippen molar-refractivity contribution in [3.8, 4) is 0 Å². The zero-order valence-corrected chi connectivity index (χ0v) is 9.36. The van der Waals surface area contributed by atoms with Gasteiger partial charge in [-0.1, -0.05) is 19.1 Å². The van der Waals surface area contributed by atoms with Crippen molar-refractivity contribution >= 4 is 0 Å². The van der Waals surface area contributed by atoms with Crippen LogP contribution in [0, 0.1) is 5.82 Å². The monoisotopic (exact) mass is 227 g/mol. The first-order chi connectivity index (χ1) is 7.71. The molecular formula is C12H18FNO2. The van der Waals surface area contributed by atoms with Crippen LogP contribution in [0.4, 0.5) is 4.39 Å². The number of nitrogens with one attached hydrogen (secondary N) is 1. The van der Waals surface area contributed by atoms with Gasteiger partial charge in [-0.2, -0.15) is 0 Å². The Morgan fingerprint density at radius 1 is 1.19 bits per heavy atom. The van der Waals surface area contributed by atoms with E-state index in [4.69, 9.17) is 10.2 Å². The molecule has 4 heteroatoms. The van der Waals surface area contributed by atoms with Crippen LogP contribution in [0.5, 0.6) is 0 Å². The van der Waals surface area contributed by atoms with E-state index in [1.165, 1.54) is 12.1 Å². The van der Waals surface area contributed by atoms with Gasteiger partial charge in [-0.3, -0.25) is 0 Å². The lowest BCUT2D eigenvalue weighted by molar-refractivity contribution is 0.161. The zero-order chi connectivity index (χ0) is 12.0. The highest BCUT2D eigenvalue weighted by molar-refractivity contribution is 5.19. The predicted molar refractivity (Wildman–Crippen MR) is 60.5 cm³/mol. The van der Waals surface area contributed by atoms with E-state index in [2.05, 4.69) is 5.32 Å². The summed E-state index contributed by atoms with van der Waals surface area (Å²) in [6, 6.07) is 5.92. The second kappa shape index (κ2) is 6.58. The molecule has 3 nitrogen and oxygen atoms in total. The summed E-state index contributed by atoms with van der Waals surface area (Å²) in [4.78, 5) is 0. The van der Waals surface area contributed by atoms with Crippen LogP contribution in [-0.2, 0) is 0 Å². The molecule has 16 heavy (non-hydrogen) atoms. The number of benzene rings is 1. The Labute approximate surface area is 94.9 Å². The van der Waals surface area contributed by atoms with Crippen molar-refractivity contribution in [2.24, 2.45) is 0 Å². The number of aliphatic hydroxyl groups is 2. The highest BCUT2D eigenvalue weighted by Gasteiger charge is 2.14. The average Bonchev–Trinajstić information content (AvgIpc) is 2.32. The van der Waals surface area contributed by atoms with Crippen LogP contribution in [-0.4, -0.2) is 29.5 Å². The van der Waals surface area contributed by atoms with Gasteiger partial charge in [0.05, 0.1) is 19.3 Å². The molecule has 1 atom stereocenters. The molecule has 0 unspecified atom stereocenters. The first kappa shape index (κ1) is 13.1. The normalized spacial score (nSPS) is 13.1. The minimum absolute atomic E-state index is 0.0184. The van der Waals surface area contributed by atoms with Crippen molar-refractivity contribution in [2.45, 2.75) is 25.4 Å². The summed E-state index contributed by atoms with van der Waals surface area (Å²) >= 11 is 0. The second-order valence-electron chi connectivity index (χ2n) is 3.74. The molecule has 0 aliphatic heterocycles. The third-order valence-electron chi connectivity index (χ3n) is 2.56. The molecule has 0 saturated carbocycles. The molecule has 0 aliphatic rings. The maximum Gasteiger partial charge on any atom is 0.123 e. The molecule has 1 aromatic carbocycles. The van der Waals surface area contributed by atoms with Gasteiger partial charge < -0.3 is 15.5 Å². The standard InChI is InChI=1S/C12H18FNO2/c1-2-12(14-11(7-15)8-16)9-3-5-10(13)6-4-9/h3-6,11-12,14-16H,2,7-8H2,1H3/t12-/m1/s1. The van der Waals surface area contributed by atoms with E-state index in [1.54, 1.807) is 12.1 Å². The summed E-state index contributed by atoms with van der Waals surface area (Å²) in [6.07, 6.45) is 0.808. The third-order valence-corrected chi connectivity index (χ3v) is 2.56. The Kier molecular flexibility index (Phi) is 5.38. The van der Waals surface area contributed by atoms with Gasteiger partial charge >= 0.3 is 0 Å². The molecule has 3 N–H and O–H groups in total. The lowest BCUT2D eigenvalue weighted by atomic mass is 10.0. The smallest absolute Gasteiger partial charge is 0.123 e. The van der Waals surface area contributed by atoms with Crippen molar-refractivity contribution in [1.29, 1.82) is 0 Å². The van der Waals surface area contributed by atoms with Crippen LogP contribution in [0.15, 0.2) is 24.3 Å². The van der Waals surface area contributed by atoms with Crippen LogP contribution < -0.4 is 5.32 Å². The highest BCUT2D eigenvalue weighted by atomic mass is 19.1. The summed E-state index contributed by atoms with van der Waals surface area (Å²) in [5, 5.41) is 21.1. The molecule has 0 spiro atoms. The summed E-state index contributed by atoms with van der Waals surface area (Å²) < 4.78 is 12.7. The molecule has 0 fully saturated rings. The van der Waals surface area contributed by atoms with Gasteiger partial charge in [0.2, 0.25) is 0 Å². The van der Waals surface area contributed by atoms with E-state index in [9.17, 15) is 4.39 Å². The predicted octanol–water partition coefficient (Wildman–Crippen LogP) is 1.22. The molecule has 0 aromatic heterocycles. The maximum atomic E-state index is 12.7. The quantitative estimate of drug-likeness (QED) is 0.685. The molecule has 0 radical (unpaired) electrons. The lowest BCUT2D eigenvalue weighted by Crippen LogP contribution is -2.38. The van der Waals surface area contributed by atoms with Gasteiger partial charge in [0.25, 0.3) is 0 Å². The topological polar surface area (TPSA) is 52.5 Å². The van der Waals surface area contributed by atoms with Crippen LogP contribution in [0.1, 0.15) is 24.9 Å². The molecule has 0 saturated heterocycles. The molecule has 0 amide bonds. The van der Waals surface area contributed by atoms with Gasteiger partial charge in [0.1, 0.15) is 5.82 Å². The first-order valence-electron chi connectivity index (χ1n) is 5.44.